The van der Waals surface area contributed by atoms with Gasteiger partial charge in [-0.1, -0.05) is 11.6 Å². The Hall–Kier alpha value is -1.88. The van der Waals surface area contributed by atoms with E-state index in [2.05, 4.69) is 15.3 Å². The van der Waals surface area contributed by atoms with Crippen molar-refractivity contribution in [2.45, 2.75) is 25.8 Å². The molecule has 0 aliphatic carbocycles. The summed E-state index contributed by atoms with van der Waals surface area (Å²) in [5.74, 6) is 0.782. The summed E-state index contributed by atoms with van der Waals surface area (Å²) in [6.45, 7) is 3.57. The van der Waals surface area contributed by atoms with Crippen LogP contribution in [0.25, 0.3) is 10.9 Å². The van der Waals surface area contributed by atoms with Crippen molar-refractivity contribution in [1.29, 1.82) is 0 Å². The lowest BCUT2D eigenvalue weighted by molar-refractivity contribution is -0.130. The number of halogens is 1. The Balaban J connectivity index is 1.82. The number of nitrogens with one attached hydrogen (secondary N) is 1. The highest BCUT2D eigenvalue weighted by Gasteiger charge is 2.23. The van der Waals surface area contributed by atoms with Crippen LogP contribution < -0.4 is 5.32 Å². The van der Waals surface area contributed by atoms with Crippen LogP contribution in [0.1, 0.15) is 19.8 Å². The van der Waals surface area contributed by atoms with Crippen molar-refractivity contribution >= 4 is 34.2 Å². The Morgan fingerprint density at radius 1 is 1.33 bits per heavy atom. The summed E-state index contributed by atoms with van der Waals surface area (Å²) in [5, 5.41) is 4.69. The number of aromatic nitrogens is 2. The molecule has 1 saturated heterocycles. The molecule has 1 fully saturated rings. The van der Waals surface area contributed by atoms with E-state index in [1.165, 1.54) is 6.33 Å². The summed E-state index contributed by atoms with van der Waals surface area (Å²) < 4.78 is 0. The summed E-state index contributed by atoms with van der Waals surface area (Å²) in [5.41, 5.74) is 0.765. The van der Waals surface area contributed by atoms with Crippen LogP contribution in [0.4, 0.5) is 5.82 Å². The lowest BCUT2D eigenvalue weighted by Crippen LogP contribution is -2.39. The first-order chi connectivity index (χ1) is 10.1. The van der Waals surface area contributed by atoms with Crippen LogP contribution in [0.15, 0.2) is 24.5 Å². The summed E-state index contributed by atoms with van der Waals surface area (Å²) >= 11 is 5.97. The minimum absolute atomic E-state index is 0.119. The van der Waals surface area contributed by atoms with E-state index in [9.17, 15) is 4.79 Å². The van der Waals surface area contributed by atoms with Gasteiger partial charge in [0.1, 0.15) is 18.2 Å². The number of fused-ring (bicyclic) bond motifs is 1. The fraction of sp³-hybridized carbons (Fsp3) is 0.400. The maximum atomic E-state index is 12.3. The van der Waals surface area contributed by atoms with E-state index < -0.39 is 0 Å². The van der Waals surface area contributed by atoms with Gasteiger partial charge < -0.3 is 10.2 Å². The van der Waals surface area contributed by atoms with E-state index in [1.807, 2.05) is 17.9 Å². The minimum Gasteiger partial charge on any atom is -0.358 e. The normalized spacial score (nSPS) is 16.2. The van der Waals surface area contributed by atoms with Crippen molar-refractivity contribution in [3.8, 4) is 0 Å². The van der Waals surface area contributed by atoms with E-state index in [0.717, 1.165) is 36.8 Å². The van der Waals surface area contributed by atoms with Crippen molar-refractivity contribution in [3.63, 3.8) is 0 Å². The number of rotatable bonds is 3. The summed E-state index contributed by atoms with van der Waals surface area (Å²) in [6.07, 6.45) is 3.66. The molecule has 2 aromatic rings. The Bertz CT molecular complexity index is 670. The van der Waals surface area contributed by atoms with Crippen LogP contribution in [0.5, 0.6) is 0 Å². The third-order valence-corrected chi connectivity index (χ3v) is 3.98. The molecule has 6 heteroatoms. The van der Waals surface area contributed by atoms with Crippen molar-refractivity contribution in [2.75, 3.05) is 18.4 Å². The predicted octanol–water partition coefficient (Wildman–Crippen LogP) is 2.71. The van der Waals surface area contributed by atoms with Gasteiger partial charge in [0.05, 0.1) is 5.52 Å². The van der Waals surface area contributed by atoms with Gasteiger partial charge in [-0.3, -0.25) is 4.79 Å². The summed E-state index contributed by atoms with van der Waals surface area (Å²) in [6, 6.07) is 5.15. The first kappa shape index (κ1) is 14.1. The standard InChI is InChI=1S/C15H17ClN4O/c1-10(15(21)20-6-2-3-7-20)19-14-12-5-4-11(16)8-13(12)17-9-18-14/h4-5,8-10H,2-3,6-7H2,1H3,(H,17,18,19)/t10-/m1/s1. The lowest BCUT2D eigenvalue weighted by atomic mass is 10.2. The lowest BCUT2D eigenvalue weighted by Gasteiger charge is -2.21. The zero-order chi connectivity index (χ0) is 14.8. The van der Waals surface area contributed by atoms with Gasteiger partial charge in [0.2, 0.25) is 5.91 Å². The molecule has 1 aromatic carbocycles. The molecule has 21 heavy (non-hydrogen) atoms. The number of hydrogen-bond acceptors (Lipinski definition) is 4. The van der Waals surface area contributed by atoms with Crippen LogP contribution in [-0.2, 0) is 4.79 Å². The van der Waals surface area contributed by atoms with E-state index >= 15 is 0 Å². The number of likely N-dealkylation sites (tertiary alicyclic amines) is 1. The third kappa shape index (κ3) is 2.93. The SMILES string of the molecule is C[C@@H](Nc1ncnc2cc(Cl)ccc12)C(=O)N1CCCC1. The molecule has 1 amide bonds. The van der Waals surface area contributed by atoms with Gasteiger partial charge in [0.25, 0.3) is 0 Å². The molecule has 1 aliphatic rings. The molecule has 3 rings (SSSR count). The molecular formula is C15H17ClN4O. The van der Waals surface area contributed by atoms with Gasteiger partial charge >= 0.3 is 0 Å². The van der Waals surface area contributed by atoms with Gasteiger partial charge in [0, 0.05) is 23.5 Å². The second-order valence-electron chi connectivity index (χ2n) is 5.28. The molecule has 1 aromatic heterocycles. The van der Waals surface area contributed by atoms with E-state index in [0.29, 0.717) is 10.8 Å². The molecule has 1 aliphatic heterocycles. The van der Waals surface area contributed by atoms with Crippen LogP contribution in [-0.4, -0.2) is 39.9 Å². The zero-order valence-corrected chi connectivity index (χ0v) is 12.6. The molecular weight excluding hydrogens is 288 g/mol. The monoisotopic (exact) mass is 304 g/mol. The topological polar surface area (TPSA) is 58.1 Å². The maximum Gasteiger partial charge on any atom is 0.244 e. The molecule has 0 unspecified atom stereocenters. The zero-order valence-electron chi connectivity index (χ0n) is 11.8. The molecule has 110 valence electrons. The maximum absolute atomic E-state index is 12.3. The Morgan fingerprint density at radius 2 is 2.10 bits per heavy atom. The second-order valence-corrected chi connectivity index (χ2v) is 5.72. The highest BCUT2D eigenvalue weighted by Crippen LogP contribution is 2.23. The molecule has 0 bridgehead atoms. The quantitative estimate of drug-likeness (QED) is 0.947. The molecule has 5 nitrogen and oxygen atoms in total. The van der Waals surface area contributed by atoms with E-state index in [4.69, 9.17) is 11.6 Å². The van der Waals surface area contributed by atoms with E-state index in [-0.39, 0.29) is 11.9 Å². The van der Waals surface area contributed by atoms with Gasteiger partial charge in [-0.2, -0.15) is 0 Å². The molecule has 1 N–H and O–H groups in total. The molecule has 0 saturated carbocycles. The molecule has 2 heterocycles. The molecule has 0 spiro atoms. The van der Waals surface area contributed by atoms with Crippen LogP contribution in [0, 0.1) is 0 Å². The number of nitrogens with zero attached hydrogens (tertiary/aromatic N) is 3. The van der Waals surface area contributed by atoms with Crippen LogP contribution in [0.3, 0.4) is 0 Å². The van der Waals surface area contributed by atoms with Crippen molar-refractivity contribution in [3.05, 3.63) is 29.5 Å². The number of amides is 1. The first-order valence-corrected chi connectivity index (χ1v) is 7.48. The third-order valence-electron chi connectivity index (χ3n) is 3.74. The Labute approximate surface area is 128 Å². The number of hydrogen-bond donors (Lipinski definition) is 1. The fourth-order valence-electron chi connectivity index (χ4n) is 2.62. The number of benzene rings is 1. The van der Waals surface area contributed by atoms with E-state index in [1.54, 1.807) is 12.1 Å². The Kier molecular flexibility index (Phi) is 3.92. The second kappa shape index (κ2) is 5.85. The largest absolute Gasteiger partial charge is 0.358 e. The number of carbonyl (C=O) groups excluding carboxylic acids is 1. The fourth-order valence-corrected chi connectivity index (χ4v) is 2.79. The van der Waals surface area contributed by atoms with Crippen molar-refractivity contribution in [2.24, 2.45) is 0 Å². The van der Waals surface area contributed by atoms with Gasteiger partial charge in [-0.05, 0) is 38.0 Å². The van der Waals surface area contributed by atoms with Gasteiger partial charge in [-0.25, -0.2) is 9.97 Å². The highest BCUT2D eigenvalue weighted by molar-refractivity contribution is 6.31. The molecule has 1 atom stereocenters. The minimum atomic E-state index is -0.308. The average Bonchev–Trinajstić information content (AvgIpc) is 3.00. The summed E-state index contributed by atoms with van der Waals surface area (Å²) in [4.78, 5) is 22.7. The summed E-state index contributed by atoms with van der Waals surface area (Å²) in [7, 11) is 0. The average molecular weight is 305 g/mol. The first-order valence-electron chi connectivity index (χ1n) is 7.11. The van der Waals surface area contributed by atoms with Crippen LogP contribution in [0.2, 0.25) is 5.02 Å². The predicted molar refractivity (Wildman–Crippen MR) is 83.4 cm³/mol. The Morgan fingerprint density at radius 3 is 2.86 bits per heavy atom. The van der Waals surface area contributed by atoms with Crippen molar-refractivity contribution < 1.29 is 4.79 Å². The van der Waals surface area contributed by atoms with Crippen LogP contribution >= 0.6 is 11.6 Å². The number of anilines is 1. The molecule has 0 radical (unpaired) electrons. The smallest absolute Gasteiger partial charge is 0.244 e. The number of carbonyl (C=O) groups is 1. The van der Waals surface area contributed by atoms with Gasteiger partial charge in [0.15, 0.2) is 0 Å². The van der Waals surface area contributed by atoms with Crippen molar-refractivity contribution in [1.82, 2.24) is 14.9 Å². The highest BCUT2D eigenvalue weighted by atomic mass is 35.5. The van der Waals surface area contributed by atoms with Gasteiger partial charge in [-0.15, -0.1) is 0 Å².